The van der Waals surface area contributed by atoms with Crippen molar-refractivity contribution in [2.24, 2.45) is 0 Å². The van der Waals surface area contributed by atoms with Gasteiger partial charge in [0.05, 0.1) is 17.5 Å². The highest BCUT2D eigenvalue weighted by Gasteiger charge is 2.31. The van der Waals surface area contributed by atoms with Gasteiger partial charge in [-0.05, 0) is 49.6 Å². The second-order valence-electron chi connectivity index (χ2n) is 6.81. The smallest absolute Gasteiger partial charge is 0.352 e. The lowest BCUT2D eigenvalue weighted by molar-refractivity contribution is -0.137. The Morgan fingerprint density at radius 2 is 1.66 bits per heavy atom. The topological polar surface area (TPSA) is 66.5 Å². The fourth-order valence-corrected chi connectivity index (χ4v) is 3.62. The molecule has 0 aliphatic heterocycles. The van der Waals surface area contributed by atoms with Gasteiger partial charge in [0, 0.05) is 6.04 Å². The lowest BCUT2D eigenvalue weighted by Crippen LogP contribution is -2.43. The van der Waals surface area contributed by atoms with E-state index in [9.17, 15) is 26.4 Å². The number of carbonyl (C=O) groups excluding carboxylic acids is 1. The molecule has 0 aliphatic carbocycles. The van der Waals surface area contributed by atoms with Crippen LogP contribution in [0.1, 0.15) is 24.5 Å². The van der Waals surface area contributed by atoms with Gasteiger partial charge in [0.2, 0.25) is 15.9 Å². The second-order valence-corrected chi connectivity index (χ2v) is 8.71. The highest BCUT2D eigenvalue weighted by atomic mass is 32.2. The number of amides is 1. The van der Waals surface area contributed by atoms with Gasteiger partial charge in [0.15, 0.2) is 0 Å². The number of carbonyl (C=O) groups is 1. The molecule has 0 saturated heterocycles. The molecule has 0 unspecified atom stereocenters. The Bertz CT molecular complexity index is 914. The summed E-state index contributed by atoms with van der Waals surface area (Å²) in [5, 5.41) is 2.73. The fraction of sp³-hybridized carbons (Fsp3) is 0.350. The number of rotatable bonds is 8. The van der Waals surface area contributed by atoms with Gasteiger partial charge in [-0.3, -0.25) is 9.10 Å². The van der Waals surface area contributed by atoms with Gasteiger partial charge in [-0.1, -0.05) is 30.3 Å². The van der Waals surface area contributed by atoms with Crippen molar-refractivity contribution in [3.63, 3.8) is 0 Å². The normalized spacial score (nSPS) is 13.0. The van der Waals surface area contributed by atoms with E-state index in [1.165, 1.54) is 0 Å². The van der Waals surface area contributed by atoms with Gasteiger partial charge in [-0.2, -0.15) is 13.2 Å². The van der Waals surface area contributed by atoms with Gasteiger partial charge in [-0.15, -0.1) is 0 Å². The molecule has 0 aromatic heterocycles. The molecule has 0 aliphatic rings. The molecule has 0 radical (unpaired) electrons. The van der Waals surface area contributed by atoms with Crippen LogP contribution in [0.3, 0.4) is 0 Å². The Labute approximate surface area is 168 Å². The summed E-state index contributed by atoms with van der Waals surface area (Å²) in [6.45, 7) is 1.30. The van der Waals surface area contributed by atoms with Crippen molar-refractivity contribution >= 4 is 21.6 Å². The summed E-state index contributed by atoms with van der Waals surface area (Å²) >= 11 is 0. The summed E-state index contributed by atoms with van der Waals surface area (Å²) in [7, 11) is -3.86. The van der Waals surface area contributed by atoms with Crippen molar-refractivity contribution in [2.45, 2.75) is 32.0 Å². The number of anilines is 1. The fourth-order valence-electron chi connectivity index (χ4n) is 2.77. The van der Waals surface area contributed by atoms with Crippen molar-refractivity contribution in [3.8, 4) is 0 Å². The summed E-state index contributed by atoms with van der Waals surface area (Å²) in [6, 6.07) is 13.2. The number of halogens is 3. The largest absolute Gasteiger partial charge is 0.416 e. The predicted octanol–water partition coefficient (Wildman–Crippen LogP) is 3.61. The van der Waals surface area contributed by atoms with E-state index in [0.717, 1.165) is 46.8 Å². The molecule has 0 saturated carbocycles. The van der Waals surface area contributed by atoms with E-state index in [2.05, 4.69) is 5.32 Å². The Morgan fingerprint density at radius 3 is 2.17 bits per heavy atom. The molecule has 158 valence electrons. The molecule has 1 atom stereocenters. The number of alkyl halides is 3. The molecule has 1 N–H and O–H groups in total. The molecule has 5 nitrogen and oxygen atoms in total. The van der Waals surface area contributed by atoms with Crippen molar-refractivity contribution in [1.82, 2.24) is 5.32 Å². The summed E-state index contributed by atoms with van der Waals surface area (Å²) in [5.41, 5.74) is 0.220. The highest BCUT2D eigenvalue weighted by molar-refractivity contribution is 7.92. The van der Waals surface area contributed by atoms with Crippen LogP contribution >= 0.6 is 0 Å². The van der Waals surface area contributed by atoms with Crippen LogP contribution in [0.4, 0.5) is 18.9 Å². The zero-order chi connectivity index (χ0) is 21.7. The zero-order valence-electron chi connectivity index (χ0n) is 16.1. The van der Waals surface area contributed by atoms with Crippen molar-refractivity contribution < 1.29 is 26.4 Å². The van der Waals surface area contributed by atoms with Crippen LogP contribution in [0.5, 0.6) is 0 Å². The SMILES string of the molecule is C[C@@H](CCc1ccccc1)NC(=O)CN(c1ccc(C(F)(F)F)cc1)S(C)(=O)=O. The first-order chi connectivity index (χ1) is 13.5. The Hall–Kier alpha value is -2.55. The maximum Gasteiger partial charge on any atom is 0.416 e. The molecule has 0 heterocycles. The summed E-state index contributed by atoms with van der Waals surface area (Å²) in [5.74, 6) is -0.532. The molecule has 9 heteroatoms. The molecule has 1 amide bonds. The first kappa shape index (κ1) is 22.7. The van der Waals surface area contributed by atoms with Crippen LogP contribution in [-0.2, 0) is 27.4 Å². The van der Waals surface area contributed by atoms with Crippen molar-refractivity contribution in [1.29, 1.82) is 0 Å². The third-order valence-electron chi connectivity index (χ3n) is 4.29. The first-order valence-corrected chi connectivity index (χ1v) is 10.8. The van der Waals surface area contributed by atoms with Crippen molar-refractivity contribution in [3.05, 3.63) is 65.7 Å². The Morgan fingerprint density at radius 1 is 1.07 bits per heavy atom. The van der Waals surface area contributed by atoms with Crippen LogP contribution < -0.4 is 9.62 Å². The molecule has 2 aromatic carbocycles. The van der Waals surface area contributed by atoms with E-state index in [-0.39, 0.29) is 11.7 Å². The number of benzene rings is 2. The number of sulfonamides is 1. The average molecular weight is 428 g/mol. The molecule has 29 heavy (non-hydrogen) atoms. The van der Waals surface area contributed by atoms with Crippen LogP contribution in [0, 0.1) is 0 Å². The van der Waals surface area contributed by atoms with E-state index < -0.39 is 34.2 Å². The maximum absolute atomic E-state index is 12.7. The number of nitrogens with one attached hydrogen (secondary N) is 1. The quantitative estimate of drug-likeness (QED) is 0.699. The third-order valence-corrected chi connectivity index (χ3v) is 5.43. The molecule has 0 fully saturated rings. The third kappa shape index (κ3) is 7.08. The van der Waals surface area contributed by atoms with Gasteiger partial charge < -0.3 is 5.32 Å². The van der Waals surface area contributed by atoms with Crippen LogP contribution in [0.25, 0.3) is 0 Å². The van der Waals surface area contributed by atoms with Gasteiger partial charge in [0.1, 0.15) is 6.54 Å². The molecule has 0 spiro atoms. The second kappa shape index (κ2) is 9.30. The standard InChI is InChI=1S/C20H23F3N2O3S/c1-15(8-9-16-6-4-3-5-7-16)24-19(26)14-25(29(2,27)28)18-12-10-17(11-13-18)20(21,22)23/h3-7,10-13,15H,8-9,14H2,1-2H3,(H,24,26)/t15-/m0/s1. The number of aryl methyl sites for hydroxylation is 1. The van der Waals surface area contributed by atoms with Gasteiger partial charge in [0.25, 0.3) is 0 Å². The first-order valence-electron chi connectivity index (χ1n) is 8.95. The average Bonchev–Trinajstić information content (AvgIpc) is 2.64. The molecular formula is C20H23F3N2O3S. The van der Waals surface area contributed by atoms with Crippen LogP contribution in [0.15, 0.2) is 54.6 Å². The van der Waals surface area contributed by atoms with E-state index >= 15 is 0 Å². The van der Waals surface area contributed by atoms with Crippen LogP contribution in [0.2, 0.25) is 0 Å². The minimum absolute atomic E-state index is 0.00686. The number of nitrogens with zero attached hydrogens (tertiary/aromatic N) is 1. The van der Waals surface area contributed by atoms with Crippen molar-refractivity contribution in [2.75, 3.05) is 17.1 Å². The minimum Gasteiger partial charge on any atom is -0.352 e. The monoisotopic (exact) mass is 428 g/mol. The van der Waals surface area contributed by atoms with E-state index in [1.54, 1.807) is 0 Å². The molecular weight excluding hydrogens is 405 g/mol. The summed E-state index contributed by atoms with van der Waals surface area (Å²) in [6.07, 6.45) is -2.22. The van der Waals surface area contributed by atoms with E-state index in [1.807, 2.05) is 37.3 Å². The number of hydrogen-bond acceptors (Lipinski definition) is 3. The van der Waals surface area contributed by atoms with Crippen LogP contribution in [-0.4, -0.2) is 33.2 Å². The predicted molar refractivity (Wildman–Crippen MR) is 106 cm³/mol. The lowest BCUT2D eigenvalue weighted by Gasteiger charge is -2.23. The Kier molecular flexibility index (Phi) is 7.29. The zero-order valence-corrected chi connectivity index (χ0v) is 16.9. The van der Waals surface area contributed by atoms with Gasteiger partial charge >= 0.3 is 6.18 Å². The van der Waals surface area contributed by atoms with E-state index in [0.29, 0.717) is 6.42 Å². The molecule has 2 rings (SSSR count). The minimum atomic E-state index is -4.53. The van der Waals surface area contributed by atoms with Gasteiger partial charge in [-0.25, -0.2) is 8.42 Å². The summed E-state index contributed by atoms with van der Waals surface area (Å²) in [4.78, 5) is 12.3. The lowest BCUT2D eigenvalue weighted by atomic mass is 10.1. The molecule has 0 bridgehead atoms. The maximum atomic E-state index is 12.7. The Balaban J connectivity index is 2.01. The summed E-state index contributed by atoms with van der Waals surface area (Å²) < 4.78 is 63.0. The molecule has 2 aromatic rings. The number of hydrogen-bond donors (Lipinski definition) is 1. The highest BCUT2D eigenvalue weighted by Crippen LogP contribution is 2.30. The van der Waals surface area contributed by atoms with E-state index in [4.69, 9.17) is 0 Å².